The zero-order chi connectivity index (χ0) is 17.1. The zero-order valence-electron chi connectivity index (χ0n) is 13.3. The Morgan fingerprint density at radius 2 is 2.17 bits per heavy atom. The Labute approximate surface area is 174 Å². The van der Waals surface area contributed by atoms with Crippen LogP contribution in [0.4, 0.5) is 10.5 Å². The molecule has 2 atom stereocenters. The number of hydrogen-bond donors (Lipinski definition) is 1. The van der Waals surface area contributed by atoms with Crippen molar-refractivity contribution in [1.29, 1.82) is 0 Å². The van der Waals surface area contributed by atoms with E-state index in [0.717, 1.165) is 0 Å². The van der Waals surface area contributed by atoms with Gasteiger partial charge in [-0.25, -0.2) is 4.79 Å². The summed E-state index contributed by atoms with van der Waals surface area (Å²) in [5.74, 6) is -0.353. The van der Waals surface area contributed by atoms with Crippen LogP contribution in [0, 0.1) is 13.8 Å². The molecule has 1 aromatic carbocycles. The number of amides is 2. The maximum absolute atomic E-state index is 12.0. The molecule has 1 aliphatic rings. The number of hydrogen-bond acceptors (Lipinski definition) is 4. The number of anilines is 1. The second-order valence-electron chi connectivity index (χ2n) is 5.23. The maximum Gasteiger partial charge on any atom is 0.413 e. The maximum atomic E-state index is 12.0. The third-order valence-corrected chi connectivity index (χ3v) is 3.82. The molecule has 0 aliphatic carbocycles. The van der Waals surface area contributed by atoms with Gasteiger partial charge in [0.1, 0.15) is 6.10 Å². The van der Waals surface area contributed by atoms with Crippen molar-refractivity contribution in [2.24, 2.45) is 0 Å². The summed E-state index contributed by atoms with van der Waals surface area (Å²) in [7, 11) is 0. The van der Waals surface area contributed by atoms with Gasteiger partial charge < -0.3 is 21.8 Å². The van der Waals surface area contributed by atoms with Gasteiger partial charge in [-0.15, -0.1) is 28.1 Å². The molecule has 0 aromatic heterocycles. The third-order valence-electron chi connectivity index (χ3n) is 3.40. The van der Waals surface area contributed by atoms with Gasteiger partial charge >= 0.3 is 6.09 Å². The third kappa shape index (κ3) is 5.04. The average molecular weight is 470 g/mol. The molecule has 1 unspecified atom stereocenters. The van der Waals surface area contributed by atoms with Gasteiger partial charge in [0, 0.05) is 39.6 Å². The van der Waals surface area contributed by atoms with E-state index in [1.807, 2.05) is 0 Å². The summed E-state index contributed by atoms with van der Waals surface area (Å²) in [5.41, 5.74) is 1.56. The van der Waals surface area contributed by atoms with E-state index in [2.05, 4.69) is 35.1 Å². The van der Waals surface area contributed by atoms with E-state index >= 15 is 0 Å². The van der Waals surface area contributed by atoms with Gasteiger partial charge in [0.05, 0.1) is 18.9 Å². The fraction of sp³-hybridized carbons (Fsp3) is 0.312. The van der Waals surface area contributed by atoms with Crippen LogP contribution < -0.4 is 10.2 Å². The first kappa shape index (κ1) is 21.1. The summed E-state index contributed by atoms with van der Waals surface area (Å²) in [5, 5.41) is 2.62. The molecule has 127 valence electrons. The van der Waals surface area contributed by atoms with Crippen molar-refractivity contribution in [3.05, 3.63) is 43.2 Å². The van der Waals surface area contributed by atoms with Crippen LogP contribution in [0.2, 0.25) is 0 Å². The number of Topliss-reactive ketones (excluding diaryl/α,β-unsaturated/α-hetero) is 1. The number of halogens is 1. The average Bonchev–Trinajstić information content (AvgIpc) is 2.85. The molecule has 2 rings (SSSR count). The van der Waals surface area contributed by atoms with Crippen molar-refractivity contribution in [2.75, 3.05) is 18.0 Å². The van der Waals surface area contributed by atoms with Crippen LogP contribution >= 0.6 is 15.9 Å². The second-order valence-corrected chi connectivity index (χ2v) is 6.33. The number of carbonyl (C=O) groups excluding carboxylic acids is 3. The number of alkyl halides is 1. The molecule has 1 radical (unpaired) electrons. The van der Waals surface area contributed by atoms with E-state index in [9.17, 15) is 14.4 Å². The van der Waals surface area contributed by atoms with E-state index < -0.39 is 17.0 Å². The minimum Gasteiger partial charge on any atom is -0.442 e. The van der Waals surface area contributed by atoms with E-state index in [-0.39, 0.29) is 50.9 Å². The summed E-state index contributed by atoms with van der Waals surface area (Å²) < 4.78 is 5.20. The summed E-state index contributed by atoms with van der Waals surface area (Å²) in [6.45, 7) is 9.47. The molecule has 0 bridgehead atoms. The normalized spacial score (nSPS) is 17.7. The molecule has 8 heteroatoms. The Morgan fingerprint density at radius 1 is 1.50 bits per heavy atom. The minimum atomic E-state index is -0.548. The number of nitrogens with one attached hydrogen (secondary N) is 1. The van der Waals surface area contributed by atoms with Gasteiger partial charge in [0.2, 0.25) is 5.91 Å². The Kier molecular flexibility index (Phi) is 7.90. The van der Waals surface area contributed by atoms with Crippen LogP contribution in [0.3, 0.4) is 0 Å². The molecule has 1 heterocycles. The number of cyclic esters (lactones) is 1. The molecular formula is C16H17BrN2O4Y-2. The number of ketones is 1. The summed E-state index contributed by atoms with van der Waals surface area (Å²) >= 11 is 3.13. The molecule has 1 saturated heterocycles. The van der Waals surface area contributed by atoms with E-state index in [1.165, 1.54) is 11.8 Å². The van der Waals surface area contributed by atoms with Crippen LogP contribution in [-0.4, -0.2) is 41.8 Å². The predicted molar refractivity (Wildman–Crippen MR) is 89.6 cm³/mol. The molecule has 1 fully saturated rings. The molecule has 1 aliphatic heterocycles. The molecular weight excluding hydrogens is 453 g/mol. The summed E-state index contributed by atoms with van der Waals surface area (Å²) in [6, 6.07) is 4.94. The smallest absolute Gasteiger partial charge is 0.413 e. The van der Waals surface area contributed by atoms with Gasteiger partial charge in [0.25, 0.3) is 0 Å². The van der Waals surface area contributed by atoms with E-state index in [1.54, 1.807) is 18.2 Å². The van der Waals surface area contributed by atoms with Gasteiger partial charge in [-0.3, -0.25) is 9.69 Å². The van der Waals surface area contributed by atoms with Crippen LogP contribution in [0.25, 0.3) is 0 Å². The molecule has 24 heavy (non-hydrogen) atoms. The first-order valence-electron chi connectivity index (χ1n) is 6.99. The van der Waals surface area contributed by atoms with Crippen molar-refractivity contribution < 1.29 is 51.8 Å². The molecule has 6 nitrogen and oxygen atoms in total. The van der Waals surface area contributed by atoms with Crippen LogP contribution in [0.15, 0.2) is 18.2 Å². The predicted octanol–water partition coefficient (Wildman–Crippen LogP) is 2.11. The Hall–Kier alpha value is -0.916. The number of carbonyl (C=O) groups is 3. The SMILES string of the molecule is [CH2-]c1cc(N2C[C@H](CNC(C)=O)OC2=O)ccc1C(=O)C([CH2-])Br.[Y]. The van der Waals surface area contributed by atoms with Crippen LogP contribution in [-0.2, 0) is 42.2 Å². The number of benzene rings is 1. The Morgan fingerprint density at radius 3 is 2.71 bits per heavy atom. The zero-order valence-corrected chi connectivity index (χ0v) is 17.7. The molecule has 2 amide bonds. The van der Waals surface area contributed by atoms with Gasteiger partial charge in [-0.1, -0.05) is 16.5 Å². The summed E-state index contributed by atoms with van der Waals surface area (Å²) in [6.07, 6.45) is -0.901. The largest absolute Gasteiger partial charge is 0.442 e. The fourth-order valence-electron chi connectivity index (χ4n) is 2.25. The van der Waals surface area contributed by atoms with Crippen molar-refractivity contribution >= 4 is 39.4 Å². The van der Waals surface area contributed by atoms with E-state index in [0.29, 0.717) is 23.4 Å². The van der Waals surface area contributed by atoms with Crippen molar-refractivity contribution in [2.45, 2.75) is 17.9 Å². The first-order valence-corrected chi connectivity index (χ1v) is 7.91. The van der Waals surface area contributed by atoms with Gasteiger partial charge in [-0.05, 0) is 5.69 Å². The fourth-order valence-corrected chi connectivity index (χ4v) is 2.50. The standard InChI is InChI=1S/C16H17BrN2O4.Y/c1-9-6-12(4-5-14(9)15(21)10(2)17)19-8-13(23-16(19)22)7-18-11(3)20;/h4-6,10,13H,1-2,7-8H2,3H3,(H,18,20);/q-2;/t10?,13-;/m0./s1. The molecule has 0 spiro atoms. The first-order chi connectivity index (χ1) is 10.8. The molecule has 1 aromatic rings. The van der Waals surface area contributed by atoms with Crippen molar-refractivity contribution in [1.82, 2.24) is 5.32 Å². The Bertz CT molecular complexity index is 651. The Balaban J connectivity index is 0.00000288. The van der Waals surface area contributed by atoms with Crippen LogP contribution in [0.1, 0.15) is 22.8 Å². The second kappa shape index (κ2) is 8.97. The van der Waals surface area contributed by atoms with E-state index in [4.69, 9.17) is 4.74 Å². The molecule has 0 saturated carbocycles. The minimum absolute atomic E-state index is 0. The summed E-state index contributed by atoms with van der Waals surface area (Å²) in [4.78, 5) is 35.7. The van der Waals surface area contributed by atoms with Crippen LogP contribution in [0.5, 0.6) is 0 Å². The number of nitrogens with zero attached hydrogens (tertiary/aromatic N) is 1. The monoisotopic (exact) mass is 469 g/mol. The molecule has 1 N–H and O–H groups in total. The van der Waals surface area contributed by atoms with Gasteiger partial charge in [-0.2, -0.15) is 12.5 Å². The van der Waals surface area contributed by atoms with Crippen molar-refractivity contribution in [3.63, 3.8) is 0 Å². The number of rotatable bonds is 5. The van der Waals surface area contributed by atoms with Crippen molar-refractivity contribution in [3.8, 4) is 0 Å². The van der Waals surface area contributed by atoms with Gasteiger partial charge in [0.15, 0.2) is 0 Å². The number of ether oxygens (including phenoxy) is 1. The topological polar surface area (TPSA) is 75.7 Å². The quantitative estimate of drug-likeness (QED) is 0.407.